The van der Waals surface area contributed by atoms with Crippen molar-refractivity contribution in [2.75, 3.05) is 11.4 Å². The molecule has 0 aromatic heterocycles. The van der Waals surface area contributed by atoms with Crippen LogP contribution in [0.2, 0.25) is 10.0 Å². The lowest BCUT2D eigenvalue weighted by atomic mass is 10.3. The first-order valence-corrected chi connectivity index (χ1v) is 5.89. The van der Waals surface area contributed by atoms with E-state index in [4.69, 9.17) is 23.2 Å². The van der Waals surface area contributed by atoms with Crippen molar-refractivity contribution in [3.63, 3.8) is 0 Å². The van der Waals surface area contributed by atoms with Crippen molar-refractivity contribution in [3.8, 4) is 0 Å². The van der Waals surface area contributed by atoms with Gasteiger partial charge in [0.25, 0.3) is 0 Å². The van der Waals surface area contributed by atoms with Gasteiger partial charge in [0, 0.05) is 23.2 Å². The van der Waals surface area contributed by atoms with Crippen LogP contribution in [0.3, 0.4) is 0 Å². The summed E-state index contributed by atoms with van der Waals surface area (Å²) in [6, 6.07) is 2.70. The van der Waals surface area contributed by atoms with Crippen molar-refractivity contribution in [3.05, 3.63) is 28.0 Å². The Hall–Kier alpha value is -0.450. The van der Waals surface area contributed by atoms with Gasteiger partial charge in [0.05, 0.1) is 10.7 Å². The Kier molecular flexibility index (Phi) is 3.33. The maximum atomic E-state index is 13.7. The Labute approximate surface area is 108 Å². The lowest BCUT2D eigenvalue weighted by Gasteiger charge is -2.17. The van der Waals surface area contributed by atoms with Crippen LogP contribution in [-0.4, -0.2) is 17.7 Å². The van der Waals surface area contributed by atoms with E-state index in [-0.39, 0.29) is 21.9 Å². The number of benzene rings is 1. The molecule has 1 unspecified atom stereocenters. The molecule has 86 valence electrons. The average molecular weight is 280 g/mol. The Morgan fingerprint density at radius 2 is 2.12 bits per heavy atom. The van der Waals surface area contributed by atoms with Crippen LogP contribution < -0.4 is 4.90 Å². The summed E-state index contributed by atoms with van der Waals surface area (Å²) in [5, 5.41) is 0.138. The SMILES string of the molecule is O=C1CC(S)CN1c1cc(Cl)cc(Cl)c1F. The second-order valence-corrected chi connectivity index (χ2v) is 5.16. The predicted molar refractivity (Wildman–Crippen MR) is 66.2 cm³/mol. The molecule has 1 aromatic carbocycles. The van der Waals surface area contributed by atoms with Crippen LogP contribution in [0.15, 0.2) is 12.1 Å². The molecule has 2 rings (SSSR count). The third kappa shape index (κ3) is 2.14. The van der Waals surface area contributed by atoms with E-state index < -0.39 is 5.82 Å². The van der Waals surface area contributed by atoms with Gasteiger partial charge in [-0.1, -0.05) is 23.2 Å². The average Bonchev–Trinajstić information content (AvgIpc) is 2.51. The number of thiol groups is 1. The van der Waals surface area contributed by atoms with Crippen molar-refractivity contribution in [2.45, 2.75) is 11.7 Å². The number of rotatable bonds is 1. The number of anilines is 1. The van der Waals surface area contributed by atoms with E-state index in [1.54, 1.807) is 0 Å². The Bertz CT molecular complexity index is 455. The van der Waals surface area contributed by atoms with E-state index in [1.165, 1.54) is 17.0 Å². The van der Waals surface area contributed by atoms with E-state index in [1.807, 2.05) is 0 Å². The van der Waals surface area contributed by atoms with Gasteiger partial charge in [-0.05, 0) is 12.1 Å². The second-order valence-electron chi connectivity index (χ2n) is 3.58. The fourth-order valence-electron chi connectivity index (χ4n) is 1.66. The van der Waals surface area contributed by atoms with E-state index >= 15 is 0 Å². The van der Waals surface area contributed by atoms with Crippen LogP contribution in [0.25, 0.3) is 0 Å². The molecule has 1 fully saturated rings. The van der Waals surface area contributed by atoms with Gasteiger partial charge in [0.2, 0.25) is 5.91 Å². The summed E-state index contributed by atoms with van der Waals surface area (Å²) in [6.07, 6.45) is 0.298. The first-order chi connectivity index (χ1) is 7.49. The maximum absolute atomic E-state index is 13.7. The molecule has 1 saturated heterocycles. The molecule has 1 atom stereocenters. The largest absolute Gasteiger partial charge is 0.308 e. The van der Waals surface area contributed by atoms with Gasteiger partial charge in [0.1, 0.15) is 0 Å². The fraction of sp³-hybridized carbons (Fsp3) is 0.300. The normalized spacial score (nSPS) is 20.6. The highest BCUT2D eigenvalue weighted by molar-refractivity contribution is 7.81. The summed E-state index contributed by atoms with van der Waals surface area (Å²) in [5.74, 6) is -0.793. The summed E-state index contributed by atoms with van der Waals surface area (Å²) in [5.41, 5.74) is 0.124. The number of amides is 1. The first kappa shape index (κ1) is 12.0. The minimum Gasteiger partial charge on any atom is -0.308 e. The van der Waals surface area contributed by atoms with Gasteiger partial charge in [0.15, 0.2) is 5.82 Å². The van der Waals surface area contributed by atoms with Crippen molar-refractivity contribution in [1.29, 1.82) is 0 Å². The number of halogens is 3. The monoisotopic (exact) mass is 279 g/mol. The molecule has 0 bridgehead atoms. The number of nitrogens with zero attached hydrogens (tertiary/aromatic N) is 1. The second kappa shape index (κ2) is 4.43. The minimum absolute atomic E-state index is 0.0790. The third-order valence-corrected chi connectivity index (χ3v) is 3.21. The molecule has 1 aliphatic heterocycles. The molecule has 1 amide bonds. The fourth-order valence-corrected chi connectivity index (χ4v) is 2.46. The van der Waals surface area contributed by atoms with Crippen molar-refractivity contribution in [2.24, 2.45) is 0 Å². The zero-order valence-corrected chi connectivity index (χ0v) is 10.5. The third-order valence-electron chi connectivity index (χ3n) is 2.37. The molecule has 0 aliphatic carbocycles. The van der Waals surface area contributed by atoms with Gasteiger partial charge < -0.3 is 4.90 Å². The zero-order valence-electron chi connectivity index (χ0n) is 8.08. The van der Waals surface area contributed by atoms with Gasteiger partial charge >= 0.3 is 0 Å². The molecule has 16 heavy (non-hydrogen) atoms. The van der Waals surface area contributed by atoms with Crippen LogP contribution >= 0.6 is 35.8 Å². The highest BCUT2D eigenvalue weighted by Crippen LogP contribution is 2.33. The number of hydrogen-bond donors (Lipinski definition) is 1. The Balaban J connectivity index is 2.44. The van der Waals surface area contributed by atoms with Crippen molar-refractivity contribution >= 4 is 47.4 Å². The van der Waals surface area contributed by atoms with E-state index in [9.17, 15) is 9.18 Å². The van der Waals surface area contributed by atoms with E-state index in [2.05, 4.69) is 12.6 Å². The van der Waals surface area contributed by atoms with Crippen molar-refractivity contribution in [1.82, 2.24) is 0 Å². The van der Waals surface area contributed by atoms with Crippen LogP contribution in [0.1, 0.15) is 6.42 Å². The molecule has 0 spiro atoms. The lowest BCUT2D eigenvalue weighted by Crippen LogP contribution is -2.25. The molecule has 6 heteroatoms. The minimum atomic E-state index is -0.623. The number of carbonyl (C=O) groups is 1. The standard InChI is InChI=1S/C10H8Cl2FNOS/c11-5-1-7(12)10(13)8(2-5)14-4-6(16)3-9(14)15/h1-2,6,16H,3-4H2. The molecule has 1 aromatic rings. The van der Waals surface area contributed by atoms with Gasteiger partial charge in [-0.15, -0.1) is 0 Å². The number of hydrogen-bond acceptors (Lipinski definition) is 2. The molecule has 1 aliphatic rings. The van der Waals surface area contributed by atoms with Crippen LogP contribution in [-0.2, 0) is 4.79 Å². The predicted octanol–water partition coefficient (Wildman–Crippen LogP) is 3.17. The van der Waals surface area contributed by atoms with Gasteiger partial charge in [-0.2, -0.15) is 12.6 Å². The summed E-state index contributed by atoms with van der Waals surface area (Å²) in [7, 11) is 0. The smallest absolute Gasteiger partial charge is 0.228 e. The Morgan fingerprint density at radius 3 is 2.69 bits per heavy atom. The van der Waals surface area contributed by atoms with Crippen LogP contribution in [0.5, 0.6) is 0 Å². The molecule has 2 nitrogen and oxygen atoms in total. The number of carbonyl (C=O) groups excluding carboxylic acids is 1. The van der Waals surface area contributed by atoms with Crippen LogP contribution in [0, 0.1) is 5.82 Å². The molecule has 1 heterocycles. The molecule has 0 N–H and O–H groups in total. The summed E-state index contributed by atoms with van der Waals surface area (Å²) in [6.45, 7) is 0.371. The molecule has 0 radical (unpaired) electrons. The highest BCUT2D eigenvalue weighted by Gasteiger charge is 2.30. The molecule has 0 saturated carbocycles. The summed E-state index contributed by atoms with van der Waals surface area (Å²) < 4.78 is 13.7. The maximum Gasteiger partial charge on any atom is 0.228 e. The lowest BCUT2D eigenvalue weighted by molar-refractivity contribution is -0.117. The van der Waals surface area contributed by atoms with E-state index in [0.717, 1.165) is 0 Å². The first-order valence-electron chi connectivity index (χ1n) is 4.62. The zero-order chi connectivity index (χ0) is 11.9. The Morgan fingerprint density at radius 1 is 1.44 bits per heavy atom. The summed E-state index contributed by atoms with van der Waals surface area (Å²) >= 11 is 15.6. The topological polar surface area (TPSA) is 20.3 Å². The summed E-state index contributed by atoms with van der Waals surface area (Å²) in [4.78, 5) is 12.9. The van der Waals surface area contributed by atoms with Gasteiger partial charge in [-0.25, -0.2) is 4.39 Å². The quantitative estimate of drug-likeness (QED) is 0.619. The van der Waals surface area contributed by atoms with Crippen LogP contribution in [0.4, 0.5) is 10.1 Å². The van der Waals surface area contributed by atoms with E-state index in [0.29, 0.717) is 18.0 Å². The highest BCUT2D eigenvalue weighted by atomic mass is 35.5. The van der Waals surface area contributed by atoms with Crippen molar-refractivity contribution < 1.29 is 9.18 Å². The molecular formula is C10H8Cl2FNOS. The molecular weight excluding hydrogens is 272 g/mol. The van der Waals surface area contributed by atoms with Gasteiger partial charge in [-0.3, -0.25) is 4.79 Å².